The zero-order chi connectivity index (χ0) is 13.0. The van der Waals surface area contributed by atoms with E-state index in [9.17, 15) is 4.79 Å². The standard InChI is InChI=1S/C15H27NO2/c1-3-12(2)14-5-4-8-16(11-14)15(17)13-6-9-18-10-7-13/h12-14H,3-11H2,1-2H3. The Labute approximate surface area is 111 Å². The Hall–Kier alpha value is -0.570. The molecule has 0 saturated carbocycles. The van der Waals surface area contributed by atoms with Gasteiger partial charge >= 0.3 is 0 Å². The first-order valence-corrected chi connectivity index (χ1v) is 7.59. The van der Waals surface area contributed by atoms with E-state index in [1.165, 1.54) is 19.3 Å². The monoisotopic (exact) mass is 253 g/mol. The van der Waals surface area contributed by atoms with Crippen molar-refractivity contribution in [2.24, 2.45) is 17.8 Å². The highest BCUT2D eigenvalue weighted by atomic mass is 16.5. The summed E-state index contributed by atoms with van der Waals surface area (Å²) in [4.78, 5) is 14.6. The number of piperidine rings is 1. The van der Waals surface area contributed by atoms with Crippen LogP contribution in [0.1, 0.15) is 46.0 Å². The molecule has 0 N–H and O–H groups in total. The van der Waals surface area contributed by atoms with Gasteiger partial charge in [0.25, 0.3) is 0 Å². The van der Waals surface area contributed by atoms with Crippen molar-refractivity contribution < 1.29 is 9.53 Å². The molecule has 2 aliphatic rings. The Bertz CT molecular complexity index is 274. The number of nitrogens with zero attached hydrogens (tertiary/aromatic N) is 1. The molecule has 2 heterocycles. The molecule has 0 radical (unpaired) electrons. The molecule has 1 amide bonds. The van der Waals surface area contributed by atoms with Crippen LogP contribution in [0.3, 0.4) is 0 Å². The van der Waals surface area contributed by atoms with Gasteiger partial charge in [0.2, 0.25) is 5.91 Å². The molecule has 2 aliphatic heterocycles. The van der Waals surface area contributed by atoms with Crippen molar-refractivity contribution in [3.8, 4) is 0 Å². The van der Waals surface area contributed by atoms with Crippen molar-refractivity contribution in [3.63, 3.8) is 0 Å². The van der Waals surface area contributed by atoms with E-state index in [-0.39, 0.29) is 5.92 Å². The number of ether oxygens (including phenoxy) is 1. The summed E-state index contributed by atoms with van der Waals surface area (Å²) in [5.41, 5.74) is 0. The Balaban J connectivity index is 1.89. The third-order valence-corrected chi connectivity index (χ3v) is 4.79. The van der Waals surface area contributed by atoms with E-state index in [0.717, 1.165) is 45.1 Å². The Morgan fingerprint density at radius 3 is 2.72 bits per heavy atom. The normalized spacial score (nSPS) is 28.1. The molecule has 3 heteroatoms. The molecule has 0 aromatic rings. The van der Waals surface area contributed by atoms with E-state index in [0.29, 0.717) is 11.8 Å². The molecule has 0 aromatic carbocycles. The third kappa shape index (κ3) is 3.25. The Morgan fingerprint density at radius 1 is 1.33 bits per heavy atom. The molecular weight excluding hydrogens is 226 g/mol. The van der Waals surface area contributed by atoms with Gasteiger partial charge in [-0.2, -0.15) is 0 Å². The molecule has 0 aliphatic carbocycles. The molecule has 18 heavy (non-hydrogen) atoms. The van der Waals surface area contributed by atoms with Gasteiger partial charge in [0.05, 0.1) is 0 Å². The zero-order valence-corrected chi connectivity index (χ0v) is 11.9. The summed E-state index contributed by atoms with van der Waals surface area (Å²) < 4.78 is 5.34. The minimum atomic E-state index is 0.231. The van der Waals surface area contributed by atoms with Gasteiger partial charge in [-0.3, -0.25) is 4.79 Å². The quantitative estimate of drug-likeness (QED) is 0.774. The maximum Gasteiger partial charge on any atom is 0.225 e. The van der Waals surface area contributed by atoms with Crippen LogP contribution < -0.4 is 0 Å². The molecule has 3 nitrogen and oxygen atoms in total. The fourth-order valence-corrected chi connectivity index (χ4v) is 3.21. The maximum atomic E-state index is 12.5. The average molecular weight is 253 g/mol. The van der Waals surface area contributed by atoms with Gasteiger partial charge in [-0.15, -0.1) is 0 Å². The van der Waals surface area contributed by atoms with Crippen molar-refractivity contribution in [1.29, 1.82) is 0 Å². The predicted octanol–water partition coefficient (Wildman–Crippen LogP) is 2.70. The summed E-state index contributed by atoms with van der Waals surface area (Å²) >= 11 is 0. The number of carbonyl (C=O) groups excluding carboxylic acids is 1. The zero-order valence-electron chi connectivity index (χ0n) is 11.9. The van der Waals surface area contributed by atoms with Crippen LogP contribution in [0.5, 0.6) is 0 Å². The van der Waals surface area contributed by atoms with Crippen LogP contribution in [0.4, 0.5) is 0 Å². The van der Waals surface area contributed by atoms with Crippen molar-refractivity contribution in [2.75, 3.05) is 26.3 Å². The summed E-state index contributed by atoms with van der Waals surface area (Å²) in [6.07, 6.45) is 5.55. The van der Waals surface area contributed by atoms with E-state index in [1.807, 2.05) is 0 Å². The largest absolute Gasteiger partial charge is 0.381 e. The Morgan fingerprint density at radius 2 is 2.06 bits per heavy atom. The second kappa shape index (κ2) is 6.55. The fraction of sp³-hybridized carbons (Fsp3) is 0.933. The third-order valence-electron chi connectivity index (χ3n) is 4.79. The van der Waals surface area contributed by atoms with Crippen molar-refractivity contribution in [2.45, 2.75) is 46.0 Å². The molecule has 2 atom stereocenters. The topological polar surface area (TPSA) is 29.5 Å². The van der Waals surface area contributed by atoms with Gasteiger partial charge in [-0.1, -0.05) is 20.3 Å². The summed E-state index contributed by atoms with van der Waals surface area (Å²) in [6, 6.07) is 0. The van der Waals surface area contributed by atoms with Crippen molar-refractivity contribution in [1.82, 2.24) is 4.90 Å². The summed E-state index contributed by atoms with van der Waals surface area (Å²) in [6.45, 7) is 8.07. The van der Waals surface area contributed by atoms with Gasteiger partial charge < -0.3 is 9.64 Å². The van der Waals surface area contributed by atoms with Gasteiger partial charge in [-0.25, -0.2) is 0 Å². The lowest BCUT2D eigenvalue weighted by Crippen LogP contribution is -2.45. The van der Waals surface area contributed by atoms with Crippen LogP contribution in [0.2, 0.25) is 0 Å². The van der Waals surface area contributed by atoms with Crippen LogP contribution in [-0.2, 0) is 9.53 Å². The number of hydrogen-bond acceptors (Lipinski definition) is 2. The van der Waals surface area contributed by atoms with Crippen LogP contribution in [-0.4, -0.2) is 37.1 Å². The SMILES string of the molecule is CCC(C)C1CCCN(C(=O)C2CCOCC2)C1. The first-order valence-electron chi connectivity index (χ1n) is 7.59. The van der Waals surface area contributed by atoms with Crippen LogP contribution in [0, 0.1) is 17.8 Å². The molecule has 2 fully saturated rings. The Kier molecular flexibility index (Phi) is 5.04. The van der Waals surface area contributed by atoms with E-state index in [4.69, 9.17) is 4.74 Å². The second-order valence-corrected chi connectivity index (χ2v) is 5.96. The van der Waals surface area contributed by atoms with Gasteiger partial charge in [0, 0.05) is 32.2 Å². The first kappa shape index (κ1) is 13.9. The molecule has 2 saturated heterocycles. The number of likely N-dealkylation sites (tertiary alicyclic amines) is 1. The van der Waals surface area contributed by atoms with E-state index in [2.05, 4.69) is 18.7 Å². The summed E-state index contributed by atoms with van der Waals surface area (Å²) in [5.74, 6) is 2.09. The van der Waals surface area contributed by atoms with Gasteiger partial charge in [0.15, 0.2) is 0 Å². The van der Waals surface area contributed by atoms with Gasteiger partial charge in [0.1, 0.15) is 0 Å². The number of hydrogen-bond donors (Lipinski definition) is 0. The van der Waals surface area contributed by atoms with Crippen LogP contribution >= 0.6 is 0 Å². The highest BCUT2D eigenvalue weighted by Gasteiger charge is 2.31. The highest BCUT2D eigenvalue weighted by Crippen LogP contribution is 2.28. The average Bonchev–Trinajstić information content (AvgIpc) is 2.46. The van der Waals surface area contributed by atoms with E-state index in [1.54, 1.807) is 0 Å². The molecule has 2 rings (SSSR count). The van der Waals surface area contributed by atoms with E-state index < -0.39 is 0 Å². The lowest BCUT2D eigenvalue weighted by atomic mass is 9.84. The highest BCUT2D eigenvalue weighted by molar-refractivity contribution is 5.79. The number of carbonyl (C=O) groups is 1. The minimum absolute atomic E-state index is 0.231. The molecular formula is C15H27NO2. The molecule has 2 unspecified atom stereocenters. The molecule has 104 valence electrons. The predicted molar refractivity (Wildman–Crippen MR) is 72.3 cm³/mol. The lowest BCUT2D eigenvalue weighted by Gasteiger charge is -2.38. The fourth-order valence-electron chi connectivity index (χ4n) is 3.21. The van der Waals surface area contributed by atoms with Crippen molar-refractivity contribution in [3.05, 3.63) is 0 Å². The minimum Gasteiger partial charge on any atom is -0.381 e. The maximum absolute atomic E-state index is 12.5. The van der Waals surface area contributed by atoms with Crippen LogP contribution in [0.25, 0.3) is 0 Å². The number of amides is 1. The summed E-state index contributed by atoms with van der Waals surface area (Å²) in [5, 5.41) is 0. The molecule has 0 spiro atoms. The number of rotatable bonds is 3. The lowest BCUT2D eigenvalue weighted by molar-refractivity contribution is -0.140. The smallest absolute Gasteiger partial charge is 0.225 e. The van der Waals surface area contributed by atoms with Crippen LogP contribution in [0.15, 0.2) is 0 Å². The molecule has 0 aromatic heterocycles. The molecule has 0 bridgehead atoms. The first-order chi connectivity index (χ1) is 8.72. The van der Waals surface area contributed by atoms with E-state index >= 15 is 0 Å². The van der Waals surface area contributed by atoms with Crippen molar-refractivity contribution >= 4 is 5.91 Å². The summed E-state index contributed by atoms with van der Waals surface area (Å²) in [7, 11) is 0. The van der Waals surface area contributed by atoms with Gasteiger partial charge in [-0.05, 0) is 37.5 Å². The second-order valence-electron chi connectivity index (χ2n) is 5.96.